The van der Waals surface area contributed by atoms with Crippen LogP contribution in [0.1, 0.15) is 15.9 Å². The fourth-order valence-corrected chi connectivity index (χ4v) is 3.70. The first-order valence-electron chi connectivity index (χ1n) is 8.02. The summed E-state index contributed by atoms with van der Waals surface area (Å²) in [6.07, 6.45) is 0. The van der Waals surface area contributed by atoms with Gasteiger partial charge in [0.25, 0.3) is 11.6 Å². The number of fused-ring (bicyclic) bond motifs is 1. The number of thiazole rings is 1. The molecule has 2 aromatic carbocycles. The zero-order chi connectivity index (χ0) is 19.6. The van der Waals surface area contributed by atoms with Gasteiger partial charge >= 0.3 is 0 Å². The van der Waals surface area contributed by atoms with E-state index < -0.39 is 10.8 Å². The Hall–Kier alpha value is -2.91. The predicted molar refractivity (Wildman–Crippen MR) is 99.4 cm³/mol. The molecule has 0 spiro atoms. The van der Waals surface area contributed by atoms with E-state index in [0.717, 1.165) is 5.52 Å². The molecule has 0 radical (unpaired) electrons. The van der Waals surface area contributed by atoms with Gasteiger partial charge in [-0.3, -0.25) is 14.9 Å². The normalized spacial score (nSPS) is 11.9. The minimum absolute atomic E-state index is 0.120. The molecule has 9 heteroatoms. The van der Waals surface area contributed by atoms with E-state index in [2.05, 4.69) is 4.99 Å². The van der Waals surface area contributed by atoms with Gasteiger partial charge in [0.2, 0.25) is 0 Å². The van der Waals surface area contributed by atoms with E-state index in [1.54, 1.807) is 24.7 Å². The lowest BCUT2D eigenvalue weighted by atomic mass is 10.1. The molecule has 1 aromatic heterocycles. The van der Waals surface area contributed by atoms with Gasteiger partial charge < -0.3 is 9.30 Å². The third-order valence-electron chi connectivity index (χ3n) is 4.01. The molecule has 0 saturated carbocycles. The molecule has 1 amide bonds. The zero-order valence-corrected chi connectivity index (χ0v) is 15.5. The number of hydrogen-bond acceptors (Lipinski definition) is 5. The van der Waals surface area contributed by atoms with E-state index in [9.17, 15) is 19.3 Å². The van der Waals surface area contributed by atoms with E-state index in [4.69, 9.17) is 4.74 Å². The van der Waals surface area contributed by atoms with Gasteiger partial charge in [-0.2, -0.15) is 4.99 Å². The quantitative estimate of drug-likeness (QED) is 0.494. The summed E-state index contributed by atoms with van der Waals surface area (Å²) >= 11 is 1.17. The third kappa shape index (κ3) is 3.93. The molecular formula is C18H16FN3O4S. The first-order chi connectivity index (χ1) is 12.9. The van der Waals surface area contributed by atoms with Crippen molar-refractivity contribution < 1.29 is 18.8 Å². The van der Waals surface area contributed by atoms with Crippen molar-refractivity contribution in [1.82, 2.24) is 4.57 Å². The molecule has 0 bridgehead atoms. The molecule has 0 saturated heterocycles. The molecule has 0 aliphatic rings. The van der Waals surface area contributed by atoms with Crippen LogP contribution in [0.25, 0.3) is 10.2 Å². The summed E-state index contributed by atoms with van der Waals surface area (Å²) in [6, 6.07) is 8.57. The number of carbonyl (C=O) groups excluding carboxylic acids is 1. The lowest BCUT2D eigenvalue weighted by molar-refractivity contribution is -0.385. The third-order valence-corrected chi connectivity index (χ3v) is 5.05. The van der Waals surface area contributed by atoms with Gasteiger partial charge in [-0.25, -0.2) is 4.39 Å². The number of aryl methyl sites for hydroxylation is 1. The number of carbonyl (C=O) groups is 1. The Labute approximate surface area is 157 Å². The Kier molecular flexibility index (Phi) is 5.43. The molecular weight excluding hydrogens is 373 g/mol. The molecule has 27 heavy (non-hydrogen) atoms. The number of halogens is 1. The van der Waals surface area contributed by atoms with Crippen molar-refractivity contribution in [3.05, 3.63) is 68.3 Å². The summed E-state index contributed by atoms with van der Waals surface area (Å²) in [5, 5.41) is 11.1. The van der Waals surface area contributed by atoms with Crippen molar-refractivity contribution in [3.8, 4) is 0 Å². The van der Waals surface area contributed by atoms with E-state index in [1.807, 2.05) is 0 Å². The Morgan fingerprint density at radius 2 is 2.11 bits per heavy atom. The second-order valence-corrected chi connectivity index (χ2v) is 6.83. The molecule has 3 aromatic rings. The van der Waals surface area contributed by atoms with Gasteiger partial charge in [0.15, 0.2) is 4.80 Å². The van der Waals surface area contributed by atoms with Crippen molar-refractivity contribution in [2.24, 2.45) is 4.99 Å². The van der Waals surface area contributed by atoms with E-state index in [0.29, 0.717) is 28.2 Å². The first kappa shape index (κ1) is 18.9. The molecule has 3 rings (SSSR count). The highest BCUT2D eigenvalue weighted by Gasteiger charge is 2.15. The number of ether oxygens (including phenoxy) is 1. The van der Waals surface area contributed by atoms with Gasteiger partial charge in [-0.1, -0.05) is 17.4 Å². The number of aromatic nitrogens is 1. The van der Waals surface area contributed by atoms with Crippen molar-refractivity contribution in [3.63, 3.8) is 0 Å². The van der Waals surface area contributed by atoms with Crippen LogP contribution in [0.4, 0.5) is 10.1 Å². The number of nitrogens with zero attached hydrogens (tertiary/aromatic N) is 3. The number of rotatable bonds is 5. The SMILES string of the molecule is COCCn1c(=NC(=O)c2ccc(C)c([N+](=O)[O-])c2)sc2cc(F)ccc21. The maximum absolute atomic E-state index is 13.5. The lowest BCUT2D eigenvalue weighted by Gasteiger charge is -2.04. The molecule has 7 nitrogen and oxygen atoms in total. The summed E-state index contributed by atoms with van der Waals surface area (Å²) in [7, 11) is 1.56. The standard InChI is InChI=1S/C18H16FN3O4S/c1-11-3-4-12(9-15(11)22(24)25)17(23)20-18-21(7-8-26-2)14-6-5-13(19)10-16(14)27-18/h3-6,9-10H,7-8H2,1-2H3. The van der Waals surface area contributed by atoms with E-state index >= 15 is 0 Å². The Morgan fingerprint density at radius 1 is 1.33 bits per heavy atom. The highest BCUT2D eigenvalue weighted by molar-refractivity contribution is 7.16. The van der Waals surface area contributed by atoms with Crippen LogP contribution in [0.3, 0.4) is 0 Å². The summed E-state index contributed by atoms with van der Waals surface area (Å²) in [5.41, 5.74) is 1.18. The van der Waals surface area contributed by atoms with Crippen LogP contribution >= 0.6 is 11.3 Å². The van der Waals surface area contributed by atoms with Crippen LogP contribution in [0.5, 0.6) is 0 Å². The highest BCUT2D eigenvalue weighted by Crippen LogP contribution is 2.21. The monoisotopic (exact) mass is 389 g/mol. The number of amides is 1. The molecule has 1 heterocycles. The van der Waals surface area contributed by atoms with Crippen LogP contribution in [-0.2, 0) is 11.3 Å². The van der Waals surface area contributed by atoms with Crippen molar-refractivity contribution in [2.75, 3.05) is 13.7 Å². The predicted octanol–water partition coefficient (Wildman–Crippen LogP) is 3.45. The van der Waals surface area contributed by atoms with Crippen LogP contribution in [0.15, 0.2) is 41.4 Å². The maximum Gasteiger partial charge on any atom is 0.279 e. The molecule has 140 valence electrons. The Balaban J connectivity index is 2.10. The Morgan fingerprint density at radius 3 is 2.81 bits per heavy atom. The van der Waals surface area contributed by atoms with Crippen LogP contribution < -0.4 is 4.80 Å². The fraction of sp³-hybridized carbons (Fsp3) is 0.222. The van der Waals surface area contributed by atoms with Gasteiger partial charge in [-0.05, 0) is 31.2 Å². The smallest absolute Gasteiger partial charge is 0.279 e. The second-order valence-electron chi connectivity index (χ2n) is 5.82. The number of hydrogen-bond donors (Lipinski definition) is 0. The van der Waals surface area contributed by atoms with Crippen molar-refractivity contribution in [2.45, 2.75) is 13.5 Å². The fourth-order valence-electron chi connectivity index (χ4n) is 2.62. The molecule has 0 fully saturated rings. The topological polar surface area (TPSA) is 86.7 Å². The largest absolute Gasteiger partial charge is 0.383 e. The first-order valence-corrected chi connectivity index (χ1v) is 8.84. The average Bonchev–Trinajstić information content (AvgIpc) is 2.95. The zero-order valence-electron chi connectivity index (χ0n) is 14.6. The van der Waals surface area contributed by atoms with E-state index in [-0.39, 0.29) is 17.1 Å². The summed E-state index contributed by atoms with van der Waals surface area (Å²) in [4.78, 5) is 27.6. The minimum atomic E-state index is -0.601. The molecule has 0 N–H and O–H groups in total. The Bertz CT molecular complexity index is 1100. The van der Waals surface area contributed by atoms with Crippen LogP contribution in [-0.4, -0.2) is 29.1 Å². The minimum Gasteiger partial charge on any atom is -0.383 e. The molecule has 0 aliphatic carbocycles. The van der Waals surface area contributed by atoms with Crippen LogP contribution in [0.2, 0.25) is 0 Å². The van der Waals surface area contributed by atoms with Crippen molar-refractivity contribution in [1.29, 1.82) is 0 Å². The van der Waals surface area contributed by atoms with Gasteiger partial charge in [0.1, 0.15) is 5.82 Å². The maximum atomic E-state index is 13.5. The highest BCUT2D eigenvalue weighted by atomic mass is 32.1. The number of benzene rings is 2. The average molecular weight is 389 g/mol. The number of nitro groups is 1. The summed E-state index contributed by atoms with van der Waals surface area (Å²) in [6.45, 7) is 2.42. The van der Waals surface area contributed by atoms with E-state index in [1.165, 1.54) is 41.7 Å². The van der Waals surface area contributed by atoms with Crippen LogP contribution in [0, 0.1) is 22.9 Å². The number of nitro benzene ring substituents is 1. The lowest BCUT2D eigenvalue weighted by Crippen LogP contribution is -2.19. The molecule has 0 atom stereocenters. The molecule has 0 aliphatic heterocycles. The summed E-state index contributed by atoms with van der Waals surface area (Å²) < 4.78 is 21.0. The van der Waals surface area contributed by atoms with Gasteiger partial charge in [0.05, 0.1) is 21.7 Å². The molecule has 0 unspecified atom stereocenters. The van der Waals surface area contributed by atoms with Gasteiger partial charge in [-0.15, -0.1) is 0 Å². The van der Waals surface area contributed by atoms with Gasteiger partial charge in [0, 0.05) is 30.8 Å². The summed E-state index contributed by atoms with van der Waals surface area (Å²) in [5.74, 6) is -0.981. The van der Waals surface area contributed by atoms with Crippen molar-refractivity contribution >= 4 is 33.1 Å². The second kappa shape index (κ2) is 7.77. The number of methoxy groups -OCH3 is 1.